The van der Waals surface area contributed by atoms with Gasteiger partial charge in [0.2, 0.25) is 0 Å². The summed E-state index contributed by atoms with van der Waals surface area (Å²) in [7, 11) is 0. The molecule has 22 heavy (non-hydrogen) atoms. The van der Waals surface area contributed by atoms with Gasteiger partial charge >= 0.3 is 0 Å². The zero-order valence-electron chi connectivity index (χ0n) is 11.8. The molecule has 0 bridgehead atoms. The summed E-state index contributed by atoms with van der Waals surface area (Å²) in [6.07, 6.45) is 0.871. The Morgan fingerprint density at radius 3 is 2.50 bits per heavy atom. The Morgan fingerprint density at radius 1 is 0.955 bits per heavy atom. The molecule has 2 amide bonds. The van der Waals surface area contributed by atoms with Crippen LogP contribution in [0.15, 0.2) is 12.1 Å². The highest BCUT2D eigenvalue weighted by molar-refractivity contribution is 6.03. The van der Waals surface area contributed by atoms with Crippen LogP contribution in [0.5, 0.6) is 11.5 Å². The lowest BCUT2D eigenvalue weighted by molar-refractivity contribution is -0.106. The maximum Gasteiger partial charge on any atom is 0.286 e. The standard InChI is InChI=1S/C15H14N2O5/c18-13-8-7-11-9(14(19)17-4-5-20-15(17)22-11)6-10(8)21-12-2-1-3-16(12)13/h6-7,12,15H,1-5H2. The molecule has 2 unspecified atom stereocenters. The average Bonchev–Trinajstić information content (AvgIpc) is 3.15. The SMILES string of the molecule is O=C1c2cc3c(cc2OC2CCCN12)C(=O)N1CCOC1O3. The Hall–Kier alpha value is -2.28. The molecule has 0 N–H and O–H groups in total. The van der Waals surface area contributed by atoms with Gasteiger partial charge in [-0.15, -0.1) is 0 Å². The predicted molar refractivity (Wildman–Crippen MR) is 72.5 cm³/mol. The van der Waals surface area contributed by atoms with Crippen LogP contribution in [0.3, 0.4) is 0 Å². The fourth-order valence-corrected chi connectivity index (χ4v) is 3.49. The number of hydrogen-bond donors (Lipinski definition) is 0. The smallest absolute Gasteiger partial charge is 0.286 e. The first kappa shape index (κ1) is 12.3. The number of fused-ring (bicyclic) bond motifs is 4. The van der Waals surface area contributed by atoms with E-state index in [0.717, 1.165) is 12.8 Å². The summed E-state index contributed by atoms with van der Waals surface area (Å²) >= 11 is 0. The van der Waals surface area contributed by atoms with Gasteiger partial charge in [0.1, 0.15) is 11.5 Å². The summed E-state index contributed by atoms with van der Waals surface area (Å²) in [6, 6.07) is 3.24. The van der Waals surface area contributed by atoms with Crippen LogP contribution in [0.2, 0.25) is 0 Å². The van der Waals surface area contributed by atoms with Gasteiger partial charge in [-0.2, -0.15) is 0 Å². The van der Waals surface area contributed by atoms with Crippen molar-refractivity contribution in [3.63, 3.8) is 0 Å². The van der Waals surface area contributed by atoms with Gasteiger partial charge in [0.05, 0.1) is 24.3 Å². The van der Waals surface area contributed by atoms with Crippen molar-refractivity contribution in [3.8, 4) is 11.5 Å². The van der Waals surface area contributed by atoms with Crippen LogP contribution in [-0.4, -0.2) is 54.0 Å². The highest BCUT2D eigenvalue weighted by Crippen LogP contribution is 2.40. The van der Waals surface area contributed by atoms with Crippen molar-refractivity contribution in [2.75, 3.05) is 19.7 Å². The van der Waals surface area contributed by atoms with Gasteiger partial charge in [0.25, 0.3) is 18.2 Å². The predicted octanol–water partition coefficient (Wildman–Crippen LogP) is 0.789. The molecule has 1 aromatic carbocycles. The molecule has 7 nitrogen and oxygen atoms in total. The van der Waals surface area contributed by atoms with Crippen LogP contribution in [0.4, 0.5) is 0 Å². The maximum atomic E-state index is 12.6. The van der Waals surface area contributed by atoms with Gasteiger partial charge in [-0.25, -0.2) is 0 Å². The molecule has 0 radical (unpaired) electrons. The van der Waals surface area contributed by atoms with E-state index in [4.69, 9.17) is 14.2 Å². The Labute approximate surface area is 126 Å². The van der Waals surface area contributed by atoms with Gasteiger partial charge in [-0.1, -0.05) is 0 Å². The van der Waals surface area contributed by atoms with Crippen molar-refractivity contribution in [1.82, 2.24) is 9.80 Å². The number of benzene rings is 1. The normalized spacial score (nSPS) is 28.5. The van der Waals surface area contributed by atoms with Crippen LogP contribution in [-0.2, 0) is 4.74 Å². The molecule has 7 heteroatoms. The third-order valence-electron chi connectivity index (χ3n) is 4.60. The highest BCUT2D eigenvalue weighted by atomic mass is 16.7. The lowest BCUT2D eigenvalue weighted by atomic mass is 10.0. The molecular formula is C15H14N2O5. The molecular weight excluding hydrogens is 288 g/mol. The van der Waals surface area contributed by atoms with Crippen LogP contribution in [0, 0.1) is 0 Å². The molecule has 4 aliphatic heterocycles. The molecule has 2 saturated heterocycles. The molecule has 0 spiro atoms. The van der Waals surface area contributed by atoms with E-state index in [9.17, 15) is 9.59 Å². The Balaban J connectivity index is 1.61. The zero-order chi connectivity index (χ0) is 14.8. The molecule has 5 rings (SSSR count). The van der Waals surface area contributed by atoms with Crippen molar-refractivity contribution < 1.29 is 23.8 Å². The van der Waals surface area contributed by atoms with Gasteiger partial charge in [0, 0.05) is 13.0 Å². The van der Waals surface area contributed by atoms with Crippen LogP contribution in [0.25, 0.3) is 0 Å². The second-order valence-corrected chi connectivity index (χ2v) is 5.85. The molecule has 2 fully saturated rings. The van der Waals surface area contributed by atoms with Crippen molar-refractivity contribution in [1.29, 1.82) is 0 Å². The molecule has 0 aromatic heterocycles. The lowest BCUT2D eigenvalue weighted by Gasteiger charge is -2.34. The van der Waals surface area contributed by atoms with Crippen molar-refractivity contribution in [2.45, 2.75) is 25.5 Å². The first-order chi connectivity index (χ1) is 10.7. The quantitative estimate of drug-likeness (QED) is 0.709. The number of ether oxygens (including phenoxy) is 3. The van der Waals surface area contributed by atoms with Gasteiger partial charge < -0.3 is 19.1 Å². The summed E-state index contributed by atoms with van der Waals surface area (Å²) in [6.45, 7) is 1.67. The molecule has 1 aromatic rings. The van der Waals surface area contributed by atoms with E-state index in [-0.39, 0.29) is 18.0 Å². The maximum absolute atomic E-state index is 12.6. The van der Waals surface area contributed by atoms with Crippen LogP contribution in [0.1, 0.15) is 33.6 Å². The lowest BCUT2D eigenvalue weighted by Crippen LogP contribution is -2.45. The van der Waals surface area contributed by atoms with Gasteiger partial charge in [-0.3, -0.25) is 14.5 Å². The number of carbonyl (C=O) groups is 2. The summed E-state index contributed by atoms with van der Waals surface area (Å²) in [5, 5.41) is 0. The number of amides is 2. The molecule has 0 saturated carbocycles. The zero-order valence-corrected chi connectivity index (χ0v) is 11.8. The monoisotopic (exact) mass is 302 g/mol. The third-order valence-corrected chi connectivity index (χ3v) is 4.60. The second-order valence-electron chi connectivity index (χ2n) is 5.85. The second kappa shape index (κ2) is 4.13. The summed E-state index contributed by atoms with van der Waals surface area (Å²) in [4.78, 5) is 28.3. The van der Waals surface area contributed by atoms with E-state index in [0.29, 0.717) is 42.3 Å². The fraction of sp³-hybridized carbons (Fsp3) is 0.467. The first-order valence-electron chi connectivity index (χ1n) is 7.47. The number of rotatable bonds is 0. The summed E-state index contributed by atoms with van der Waals surface area (Å²) in [5.74, 6) is 0.665. The van der Waals surface area contributed by atoms with E-state index in [2.05, 4.69) is 0 Å². The minimum atomic E-state index is -0.683. The van der Waals surface area contributed by atoms with Crippen molar-refractivity contribution >= 4 is 11.8 Å². The molecule has 4 heterocycles. The van der Waals surface area contributed by atoms with Gasteiger partial charge in [-0.05, 0) is 18.6 Å². The third kappa shape index (κ3) is 1.49. The minimum Gasteiger partial charge on any atom is -0.470 e. The van der Waals surface area contributed by atoms with E-state index in [1.807, 2.05) is 0 Å². The van der Waals surface area contributed by atoms with E-state index in [1.165, 1.54) is 0 Å². The molecule has 114 valence electrons. The van der Waals surface area contributed by atoms with Gasteiger partial charge in [0.15, 0.2) is 6.23 Å². The van der Waals surface area contributed by atoms with E-state index >= 15 is 0 Å². The molecule has 0 aliphatic carbocycles. The molecule has 2 atom stereocenters. The van der Waals surface area contributed by atoms with Crippen molar-refractivity contribution in [2.24, 2.45) is 0 Å². The number of carbonyl (C=O) groups excluding carboxylic acids is 2. The molecule has 4 aliphatic rings. The Bertz CT molecular complexity index is 644. The van der Waals surface area contributed by atoms with E-state index in [1.54, 1.807) is 21.9 Å². The largest absolute Gasteiger partial charge is 0.470 e. The minimum absolute atomic E-state index is 0.0580. The fourth-order valence-electron chi connectivity index (χ4n) is 3.49. The van der Waals surface area contributed by atoms with E-state index < -0.39 is 6.41 Å². The highest BCUT2D eigenvalue weighted by Gasteiger charge is 2.42. The number of hydrogen-bond acceptors (Lipinski definition) is 5. The summed E-state index contributed by atoms with van der Waals surface area (Å²) < 4.78 is 17.0. The summed E-state index contributed by atoms with van der Waals surface area (Å²) in [5.41, 5.74) is 0.885. The van der Waals surface area contributed by atoms with Crippen LogP contribution >= 0.6 is 0 Å². The average molecular weight is 302 g/mol. The Morgan fingerprint density at radius 2 is 1.68 bits per heavy atom. The Kier molecular flexibility index (Phi) is 2.31. The topological polar surface area (TPSA) is 68.3 Å². The van der Waals surface area contributed by atoms with Crippen LogP contribution < -0.4 is 9.47 Å². The number of nitrogens with zero attached hydrogens (tertiary/aromatic N) is 2. The first-order valence-corrected chi connectivity index (χ1v) is 7.47. The van der Waals surface area contributed by atoms with Crippen molar-refractivity contribution in [3.05, 3.63) is 23.3 Å².